The van der Waals surface area contributed by atoms with Crippen LogP contribution in [0, 0.1) is 0 Å². The fraction of sp³-hybridized carbons (Fsp3) is 0.412. The summed E-state index contributed by atoms with van der Waals surface area (Å²) in [4.78, 5) is 26.7. The van der Waals surface area contributed by atoms with Crippen molar-refractivity contribution in [3.8, 4) is 0 Å². The van der Waals surface area contributed by atoms with Gasteiger partial charge in [-0.2, -0.15) is 0 Å². The Labute approximate surface area is 149 Å². The Balaban J connectivity index is 1.74. The predicted molar refractivity (Wildman–Crippen MR) is 97.2 cm³/mol. The van der Waals surface area contributed by atoms with Crippen LogP contribution < -0.4 is 10.6 Å². The number of alkyl carbamates (subject to hydrolysis) is 1. The number of halogens is 1. The monoisotopic (exact) mass is 395 g/mol. The molecule has 2 amide bonds. The molecule has 1 heterocycles. The van der Waals surface area contributed by atoms with Crippen LogP contribution in [0.2, 0.25) is 0 Å². The summed E-state index contributed by atoms with van der Waals surface area (Å²) >= 11 is 3.41. The number of aromatic nitrogens is 1. The average Bonchev–Trinajstić information content (AvgIpc) is 2.87. The van der Waals surface area contributed by atoms with E-state index in [9.17, 15) is 9.59 Å². The van der Waals surface area contributed by atoms with E-state index >= 15 is 0 Å². The van der Waals surface area contributed by atoms with Crippen LogP contribution in [0.4, 0.5) is 4.79 Å². The molecule has 0 saturated carbocycles. The van der Waals surface area contributed by atoms with E-state index in [2.05, 4.69) is 31.5 Å². The standard InChI is InChI=1S/C17H22BrN3O3/c1-17(2,3)24-16(23)20-8-4-7-19-15(22)14-10-11-9-12(18)5-6-13(11)21-14/h5-6,9-10,21H,4,7-8H2,1-3H3,(H,19,22)(H,20,23). The van der Waals surface area contributed by atoms with Crippen molar-refractivity contribution in [2.75, 3.05) is 13.1 Å². The van der Waals surface area contributed by atoms with Crippen LogP contribution in [0.1, 0.15) is 37.7 Å². The molecular formula is C17H22BrN3O3. The highest BCUT2D eigenvalue weighted by atomic mass is 79.9. The summed E-state index contributed by atoms with van der Waals surface area (Å²) in [6, 6.07) is 7.60. The number of H-pyrrole nitrogens is 1. The zero-order chi connectivity index (χ0) is 17.7. The summed E-state index contributed by atoms with van der Waals surface area (Å²) in [6.45, 7) is 6.34. The molecule has 7 heteroatoms. The molecule has 0 bridgehead atoms. The van der Waals surface area contributed by atoms with Gasteiger partial charge >= 0.3 is 6.09 Å². The molecule has 1 aromatic carbocycles. The van der Waals surface area contributed by atoms with Crippen molar-refractivity contribution in [2.45, 2.75) is 32.8 Å². The Morgan fingerprint density at radius 3 is 2.58 bits per heavy atom. The van der Waals surface area contributed by atoms with Gasteiger partial charge in [-0.15, -0.1) is 0 Å². The van der Waals surface area contributed by atoms with Crippen molar-refractivity contribution >= 4 is 38.8 Å². The Hall–Kier alpha value is -2.02. The van der Waals surface area contributed by atoms with Crippen molar-refractivity contribution in [3.63, 3.8) is 0 Å². The fourth-order valence-electron chi connectivity index (χ4n) is 2.12. The Morgan fingerprint density at radius 2 is 1.88 bits per heavy atom. The van der Waals surface area contributed by atoms with E-state index in [4.69, 9.17) is 4.74 Å². The topological polar surface area (TPSA) is 83.2 Å². The molecule has 3 N–H and O–H groups in total. The summed E-state index contributed by atoms with van der Waals surface area (Å²) in [6.07, 6.45) is 0.173. The van der Waals surface area contributed by atoms with Gasteiger partial charge in [-0.3, -0.25) is 4.79 Å². The number of hydrogen-bond acceptors (Lipinski definition) is 3. The molecule has 2 rings (SSSR count). The van der Waals surface area contributed by atoms with Gasteiger partial charge in [-0.25, -0.2) is 4.79 Å². The number of amides is 2. The van der Waals surface area contributed by atoms with Crippen LogP contribution in [0.25, 0.3) is 10.9 Å². The maximum absolute atomic E-state index is 12.1. The van der Waals surface area contributed by atoms with Crippen LogP contribution in [-0.2, 0) is 4.74 Å². The molecule has 130 valence electrons. The SMILES string of the molecule is CC(C)(C)OC(=O)NCCCNC(=O)c1cc2cc(Br)ccc2[nH]1. The van der Waals surface area contributed by atoms with Gasteiger partial charge in [0.1, 0.15) is 11.3 Å². The van der Waals surface area contributed by atoms with Crippen molar-refractivity contribution < 1.29 is 14.3 Å². The van der Waals surface area contributed by atoms with E-state index in [1.165, 1.54) is 0 Å². The van der Waals surface area contributed by atoms with Crippen LogP contribution >= 0.6 is 15.9 Å². The van der Waals surface area contributed by atoms with Gasteiger partial charge in [-0.05, 0) is 51.5 Å². The molecule has 0 atom stereocenters. The predicted octanol–water partition coefficient (Wildman–Crippen LogP) is 3.58. The first kappa shape index (κ1) is 18.3. The normalized spacial score (nSPS) is 11.3. The molecule has 6 nitrogen and oxygen atoms in total. The first-order valence-corrected chi connectivity index (χ1v) is 8.57. The number of aromatic amines is 1. The van der Waals surface area contributed by atoms with Crippen LogP contribution in [0.15, 0.2) is 28.7 Å². The first-order chi connectivity index (χ1) is 11.2. The second-order valence-corrected chi connectivity index (χ2v) is 7.37. The molecule has 1 aromatic heterocycles. The minimum absolute atomic E-state index is 0.167. The zero-order valence-electron chi connectivity index (χ0n) is 14.0. The first-order valence-electron chi connectivity index (χ1n) is 7.78. The second-order valence-electron chi connectivity index (χ2n) is 6.45. The smallest absolute Gasteiger partial charge is 0.407 e. The third-order valence-electron chi connectivity index (χ3n) is 3.13. The molecule has 0 fully saturated rings. The van der Waals surface area contributed by atoms with Gasteiger partial charge in [0, 0.05) is 28.5 Å². The third kappa shape index (κ3) is 5.56. The minimum atomic E-state index is -0.511. The summed E-state index contributed by atoms with van der Waals surface area (Å²) in [5, 5.41) is 6.45. The van der Waals surface area contributed by atoms with Gasteiger partial charge in [0.2, 0.25) is 0 Å². The lowest BCUT2D eigenvalue weighted by Crippen LogP contribution is -2.34. The summed E-state index contributed by atoms with van der Waals surface area (Å²) in [5.74, 6) is -0.167. The second kappa shape index (κ2) is 7.70. The lowest BCUT2D eigenvalue weighted by Gasteiger charge is -2.19. The van der Waals surface area contributed by atoms with Crippen LogP contribution in [0.5, 0.6) is 0 Å². The number of carbonyl (C=O) groups excluding carboxylic acids is 2. The molecule has 0 aliphatic heterocycles. The molecule has 0 radical (unpaired) electrons. The molecule has 0 spiro atoms. The summed E-state index contributed by atoms with van der Waals surface area (Å²) in [5.41, 5.74) is 0.918. The van der Waals surface area contributed by atoms with E-state index in [0.29, 0.717) is 25.2 Å². The van der Waals surface area contributed by atoms with Crippen molar-refractivity contribution in [3.05, 3.63) is 34.4 Å². The molecule has 0 aliphatic rings. The Morgan fingerprint density at radius 1 is 1.17 bits per heavy atom. The molecule has 24 heavy (non-hydrogen) atoms. The van der Waals surface area contributed by atoms with E-state index in [0.717, 1.165) is 15.4 Å². The van der Waals surface area contributed by atoms with Gasteiger partial charge in [-0.1, -0.05) is 15.9 Å². The van der Waals surface area contributed by atoms with Gasteiger partial charge < -0.3 is 20.4 Å². The number of carbonyl (C=O) groups is 2. The summed E-state index contributed by atoms with van der Waals surface area (Å²) < 4.78 is 6.10. The number of benzene rings is 1. The highest BCUT2D eigenvalue weighted by Gasteiger charge is 2.15. The quantitative estimate of drug-likeness (QED) is 0.676. The fourth-order valence-corrected chi connectivity index (χ4v) is 2.49. The van der Waals surface area contributed by atoms with E-state index in [1.54, 1.807) is 0 Å². The number of nitrogens with one attached hydrogen (secondary N) is 3. The van der Waals surface area contributed by atoms with Crippen molar-refractivity contribution in [2.24, 2.45) is 0 Å². The lowest BCUT2D eigenvalue weighted by atomic mass is 10.2. The van der Waals surface area contributed by atoms with Crippen molar-refractivity contribution in [1.82, 2.24) is 15.6 Å². The Bertz CT molecular complexity index is 734. The maximum atomic E-state index is 12.1. The number of rotatable bonds is 5. The van der Waals surface area contributed by atoms with Crippen LogP contribution in [0.3, 0.4) is 0 Å². The van der Waals surface area contributed by atoms with Gasteiger partial charge in [0.15, 0.2) is 0 Å². The number of hydrogen-bond donors (Lipinski definition) is 3. The largest absolute Gasteiger partial charge is 0.444 e. The Kier molecular flexibility index (Phi) is 5.88. The molecule has 2 aromatic rings. The van der Waals surface area contributed by atoms with Crippen molar-refractivity contribution in [1.29, 1.82) is 0 Å². The van der Waals surface area contributed by atoms with Crippen LogP contribution in [-0.4, -0.2) is 35.7 Å². The van der Waals surface area contributed by atoms with E-state index < -0.39 is 11.7 Å². The molecular weight excluding hydrogens is 374 g/mol. The molecule has 0 unspecified atom stereocenters. The molecule has 0 saturated heterocycles. The third-order valence-corrected chi connectivity index (χ3v) is 3.63. The highest BCUT2D eigenvalue weighted by Crippen LogP contribution is 2.20. The van der Waals surface area contributed by atoms with Gasteiger partial charge in [0.25, 0.3) is 5.91 Å². The van der Waals surface area contributed by atoms with E-state index in [-0.39, 0.29) is 5.91 Å². The lowest BCUT2D eigenvalue weighted by molar-refractivity contribution is 0.0527. The van der Waals surface area contributed by atoms with E-state index in [1.807, 2.05) is 45.0 Å². The van der Waals surface area contributed by atoms with Gasteiger partial charge in [0.05, 0.1) is 0 Å². The average molecular weight is 396 g/mol. The summed E-state index contributed by atoms with van der Waals surface area (Å²) in [7, 11) is 0. The minimum Gasteiger partial charge on any atom is -0.444 e. The number of fused-ring (bicyclic) bond motifs is 1. The maximum Gasteiger partial charge on any atom is 0.407 e. The highest BCUT2D eigenvalue weighted by molar-refractivity contribution is 9.10. The zero-order valence-corrected chi connectivity index (χ0v) is 15.6. The molecule has 0 aliphatic carbocycles. The number of ether oxygens (including phenoxy) is 1.